The van der Waals surface area contributed by atoms with Gasteiger partial charge in [0.05, 0.1) is 24.1 Å². The summed E-state index contributed by atoms with van der Waals surface area (Å²) in [5, 5.41) is 26.3. The molecule has 0 unspecified atom stereocenters. The van der Waals surface area contributed by atoms with E-state index in [1.807, 2.05) is 12.1 Å². The number of benzene rings is 1. The maximum atomic E-state index is 9.12. The van der Waals surface area contributed by atoms with Crippen LogP contribution in [0.5, 0.6) is 5.75 Å². The molecule has 0 saturated heterocycles. The van der Waals surface area contributed by atoms with Crippen molar-refractivity contribution in [2.24, 2.45) is 5.73 Å². The Balaban J connectivity index is 3.10. The maximum absolute atomic E-state index is 9.12. The van der Waals surface area contributed by atoms with Crippen molar-refractivity contribution in [3.63, 3.8) is 0 Å². The molecule has 1 atom stereocenters. The number of nitrogens with zero attached hydrogens (tertiary/aromatic N) is 2. The fourth-order valence-corrected chi connectivity index (χ4v) is 1.17. The van der Waals surface area contributed by atoms with E-state index < -0.39 is 6.04 Å². The monoisotopic (exact) mass is 187 g/mol. The van der Waals surface area contributed by atoms with Gasteiger partial charge in [-0.15, -0.1) is 0 Å². The Bertz CT molecular complexity index is 414. The molecule has 0 amide bonds. The zero-order chi connectivity index (χ0) is 10.6. The van der Waals surface area contributed by atoms with Gasteiger partial charge in [-0.2, -0.15) is 10.5 Å². The van der Waals surface area contributed by atoms with Crippen LogP contribution in [0.1, 0.15) is 23.6 Å². The van der Waals surface area contributed by atoms with Crippen molar-refractivity contribution >= 4 is 0 Å². The van der Waals surface area contributed by atoms with Gasteiger partial charge in [0.1, 0.15) is 5.75 Å². The third-order valence-electron chi connectivity index (χ3n) is 1.87. The van der Waals surface area contributed by atoms with Crippen molar-refractivity contribution in [1.29, 1.82) is 10.5 Å². The summed E-state index contributed by atoms with van der Waals surface area (Å²) in [7, 11) is 0. The molecule has 1 rings (SSSR count). The predicted molar refractivity (Wildman–Crippen MR) is 50.0 cm³/mol. The smallest absolute Gasteiger partial charge is 0.116 e. The SMILES string of the molecule is N#CC[C@@H](N)c1ccc(O)cc1C#N. The minimum absolute atomic E-state index is 0.0226. The highest BCUT2D eigenvalue weighted by Crippen LogP contribution is 2.22. The second-order valence-corrected chi connectivity index (χ2v) is 2.85. The van der Waals surface area contributed by atoms with E-state index in [9.17, 15) is 0 Å². The van der Waals surface area contributed by atoms with Gasteiger partial charge in [-0.1, -0.05) is 6.07 Å². The third kappa shape index (κ3) is 2.01. The van der Waals surface area contributed by atoms with Crippen LogP contribution in [0.3, 0.4) is 0 Å². The molecule has 70 valence electrons. The van der Waals surface area contributed by atoms with Crippen molar-refractivity contribution in [3.8, 4) is 17.9 Å². The Kier molecular flexibility index (Phi) is 3.06. The summed E-state index contributed by atoms with van der Waals surface area (Å²) < 4.78 is 0. The number of phenolic OH excluding ortho intramolecular Hbond substituents is 1. The Morgan fingerprint density at radius 3 is 2.71 bits per heavy atom. The fourth-order valence-electron chi connectivity index (χ4n) is 1.17. The summed E-state index contributed by atoms with van der Waals surface area (Å²) in [6, 6.07) is 7.74. The second kappa shape index (κ2) is 4.27. The van der Waals surface area contributed by atoms with Crippen molar-refractivity contribution < 1.29 is 5.11 Å². The topological polar surface area (TPSA) is 93.8 Å². The Morgan fingerprint density at radius 2 is 2.14 bits per heavy atom. The predicted octanol–water partition coefficient (Wildman–Crippen LogP) is 1.18. The number of phenols is 1. The summed E-state index contributed by atoms with van der Waals surface area (Å²) in [4.78, 5) is 0. The number of aromatic hydroxyl groups is 1. The van der Waals surface area contributed by atoms with E-state index >= 15 is 0 Å². The molecule has 4 nitrogen and oxygen atoms in total. The number of nitrogens with two attached hydrogens (primary N) is 1. The molecule has 1 aromatic rings. The van der Waals surface area contributed by atoms with Crippen molar-refractivity contribution in [1.82, 2.24) is 0 Å². The van der Waals surface area contributed by atoms with E-state index in [4.69, 9.17) is 21.4 Å². The van der Waals surface area contributed by atoms with E-state index in [-0.39, 0.29) is 12.2 Å². The lowest BCUT2D eigenvalue weighted by atomic mass is 9.99. The standard InChI is InChI=1S/C10H9N3O/c11-4-3-10(13)9-2-1-8(14)5-7(9)6-12/h1-2,5,10,14H,3,13H2/t10-/m1/s1. The second-order valence-electron chi connectivity index (χ2n) is 2.85. The molecule has 0 spiro atoms. The van der Waals surface area contributed by atoms with Crippen molar-refractivity contribution in [3.05, 3.63) is 29.3 Å². The van der Waals surface area contributed by atoms with E-state index in [2.05, 4.69) is 0 Å². The van der Waals surface area contributed by atoms with Crippen LogP contribution in [0.25, 0.3) is 0 Å². The summed E-state index contributed by atoms with van der Waals surface area (Å²) in [5.41, 5.74) is 6.58. The molecule has 0 saturated carbocycles. The average Bonchev–Trinajstić information content (AvgIpc) is 2.17. The van der Waals surface area contributed by atoms with Gasteiger partial charge in [0.15, 0.2) is 0 Å². The van der Waals surface area contributed by atoms with Crippen LogP contribution in [-0.2, 0) is 0 Å². The van der Waals surface area contributed by atoms with Crippen LogP contribution in [-0.4, -0.2) is 5.11 Å². The van der Waals surface area contributed by atoms with Crippen molar-refractivity contribution in [2.45, 2.75) is 12.5 Å². The quantitative estimate of drug-likeness (QED) is 0.726. The van der Waals surface area contributed by atoms with Gasteiger partial charge >= 0.3 is 0 Å². The summed E-state index contributed by atoms with van der Waals surface area (Å²) in [6.07, 6.45) is 0.152. The fraction of sp³-hybridized carbons (Fsp3) is 0.200. The molecule has 14 heavy (non-hydrogen) atoms. The van der Waals surface area contributed by atoms with Crippen LogP contribution in [0.15, 0.2) is 18.2 Å². The minimum atomic E-state index is -0.477. The van der Waals surface area contributed by atoms with Crippen LogP contribution >= 0.6 is 0 Å². The normalized spacial score (nSPS) is 11.4. The molecule has 0 aromatic heterocycles. The van der Waals surface area contributed by atoms with Gasteiger partial charge in [-0.3, -0.25) is 0 Å². The highest BCUT2D eigenvalue weighted by atomic mass is 16.3. The van der Waals surface area contributed by atoms with Gasteiger partial charge in [0.2, 0.25) is 0 Å². The first-order valence-corrected chi connectivity index (χ1v) is 4.04. The molecule has 1 aromatic carbocycles. The maximum Gasteiger partial charge on any atom is 0.116 e. The first-order valence-electron chi connectivity index (χ1n) is 4.04. The molecule has 0 aliphatic heterocycles. The van der Waals surface area contributed by atoms with Gasteiger partial charge in [-0.05, 0) is 17.7 Å². The third-order valence-corrected chi connectivity index (χ3v) is 1.87. The summed E-state index contributed by atoms with van der Waals surface area (Å²) in [6.45, 7) is 0. The van der Waals surface area contributed by atoms with Gasteiger partial charge < -0.3 is 10.8 Å². The van der Waals surface area contributed by atoms with E-state index in [1.54, 1.807) is 6.07 Å². The largest absolute Gasteiger partial charge is 0.508 e. The van der Waals surface area contributed by atoms with Gasteiger partial charge in [-0.25, -0.2) is 0 Å². The summed E-state index contributed by atoms with van der Waals surface area (Å²) in [5.74, 6) is 0.0226. The van der Waals surface area contributed by atoms with Crippen LogP contribution in [0, 0.1) is 22.7 Å². The van der Waals surface area contributed by atoms with E-state index in [0.29, 0.717) is 11.1 Å². The molecular formula is C10H9N3O. The molecule has 0 aliphatic carbocycles. The van der Waals surface area contributed by atoms with Crippen LogP contribution in [0.2, 0.25) is 0 Å². The zero-order valence-electron chi connectivity index (χ0n) is 7.44. The minimum Gasteiger partial charge on any atom is -0.508 e. The molecule has 0 fully saturated rings. The lowest BCUT2D eigenvalue weighted by Crippen LogP contribution is -2.10. The molecule has 0 heterocycles. The molecular weight excluding hydrogens is 178 g/mol. The first-order chi connectivity index (χ1) is 6.69. The highest BCUT2D eigenvalue weighted by molar-refractivity contribution is 5.44. The Morgan fingerprint density at radius 1 is 1.43 bits per heavy atom. The molecule has 4 heteroatoms. The van der Waals surface area contributed by atoms with Crippen LogP contribution in [0.4, 0.5) is 0 Å². The first kappa shape index (κ1) is 10.0. The highest BCUT2D eigenvalue weighted by Gasteiger charge is 2.10. The number of rotatable bonds is 2. The van der Waals surface area contributed by atoms with E-state index in [1.165, 1.54) is 12.1 Å². The lowest BCUT2D eigenvalue weighted by Gasteiger charge is -2.09. The van der Waals surface area contributed by atoms with Gasteiger partial charge in [0.25, 0.3) is 0 Å². The van der Waals surface area contributed by atoms with Crippen molar-refractivity contribution in [2.75, 3.05) is 0 Å². The zero-order valence-corrected chi connectivity index (χ0v) is 7.44. The van der Waals surface area contributed by atoms with Crippen LogP contribution < -0.4 is 5.73 Å². The average molecular weight is 187 g/mol. The molecule has 0 aliphatic rings. The number of nitriles is 2. The summed E-state index contributed by atoms with van der Waals surface area (Å²) >= 11 is 0. The lowest BCUT2D eigenvalue weighted by molar-refractivity contribution is 0.474. The van der Waals surface area contributed by atoms with Gasteiger partial charge in [0, 0.05) is 6.04 Å². The molecule has 0 bridgehead atoms. The number of hydrogen-bond acceptors (Lipinski definition) is 4. The Hall–Kier alpha value is -2.04. The Labute approximate surface area is 81.8 Å². The van der Waals surface area contributed by atoms with E-state index in [0.717, 1.165) is 0 Å². The number of hydrogen-bond donors (Lipinski definition) is 2. The molecule has 3 N–H and O–H groups in total. The molecule has 0 radical (unpaired) electrons.